The number of amides is 1. The third-order valence-electron chi connectivity index (χ3n) is 1.08. The van der Waals surface area contributed by atoms with Gasteiger partial charge in [-0.1, -0.05) is 0 Å². The van der Waals surface area contributed by atoms with Gasteiger partial charge in [0.15, 0.2) is 0 Å². The maximum absolute atomic E-state index is 9.95. The van der Waals surface area contributed by atoms with Gasteiger partial charge in [0.2, 0.25) is 0 Å². The van der Waals surface area contributed by atoms with Gasteiger partial charge < -0.3 is 5.11 Å². The van der Waals surface area contributed by atoms with Crippen molar-refractivity contribution in [1.82, 2.24) is 10.4 Å². The van der Waals surface area contributed by atoms with Crippen molar-refractivity contribution in [2.45, 2.75) is 0 Å². The molecule has 5 heteroatoms. The van der Waals surface area contributed by atoms with E-state index in [1.54, 1.807) is 24.5 Å². The molecule has 0 unspecified atom stereocenters. The SMILES string of the molecule is O=C(O)NN=Cc1ccncc1. The van der Waals surface area contributed by atoms with Crippen LogP contribution in [0.5, 0.6) is 0 Å². The van der Waals surface area contributed by atoms with E-state index < -0.39 is 6.09 Å². The van der Waals surface area contributed by atoms with Crippen LogP contribution in [-0.4, -0.2) is 22.4 Å². The zero-order valence-corrected chi connectivity index (χ0v) is 6.14. The highest BCUT2D eigenvalue weighted by molar-refractivity contribution is 5.80. The highest BCUT2D eigenvalue weighted by atomic mass is 16.4. The first kappa shape index (κ1) is 8.19. The minimum atomic E-state index is -1.18. The fraction of sp³-hybridized carbons (Fsp3) is 0. The first-order chi connectivity index (χ1) is 5.79. The van der Waals surface area contributed by atoms with Crippen molar-refractivity contribution in [3.8, 4) is 0 Å². The predicted octanol–water partition coefficient (Wildman–Crippen LogP) is 0.683. The van der Waals surface area contributed by atoms with Gasteiger partial charge in [0.05, 0.1) is 6.21 Å². The molecule has 0 aliphatic heterocycles. The largest absolute Gasteiger partial charge is 0.464 e. The van der Waals surface area contributed by atoms with Crippen LogP contribution in [0.4, 0.5) is 4.79 Å². The van der Waals surface area contributed by atoms with E-state index in [4.69, 9.17) is 5.11 Å². The summed E-state index contributed by atoms with van der Waals surface area (Å²) in [6.07, 6.45) is 3.42. The highest BCUT2D eigenvalue weighted by Crippen LogP contribution is 1.89. The summed E-state index contributed by atoms with van der Waals surface area (Å²) in [5.74, 6) is 0. The van der Waals surface area contributed by atoms with E-state index in [-0.39, 0.29) is 0 Å². The van der Waals surface area contributed by atoms with E-state index in [0.29, 0.717) is 0 Å². The Morgan fingerprint density at radius 1 is 1.58 bits per heavy atom. The summed E-state index contributed by atoms with van der Waals surface area (Å²) < 4.78 is 0. The molecule has 62 valence electrons. The number of hydrogen-bond donors (Lipinski definition) is 2. The Balaban J connectivity index is 2.52. The van der Waals surface area contributed by atoms with Gasteiger partial charge in [0.25, 0.3) is 0 Å². The minimum absolute atomic E-state index is 0.791. The third kappa shape index (κ3) is 2.78. The molecule has 0 aromatic carbocycles. The number of pyridine rings is 1. The number of hydrogen-bond acceptors (Lipinski definition) is 3. The van der Waals surface area contributed by atoms with E-state index in [1.165, 1.54) is 6.21 Å². The second-order valence-corrected chi connectivity index (χ2v) is 1.96. The number of nitrogens with one attached hydrogen (secondary N) is 1. The summed E-state index contributed by atoms with van der Waals surface area (Å²) in [6, 6.07) is 3.43. The lowest BCUT2D eigenvalue weighted by Crippen LogP contribution is -2.13. The Hall–Kier alpha value is -1.91. The smallest absolute Gasteiger partial charge is 0.425 e. The molecule has 1 heterocycles. The molecule has 0 saturated heterocycles. The van der Waals surface area contributed by atoms with Crippen LogP contribution in [0.1, 0.15) is 5.56 Å². The van der Waals surface area contributed by atoms with Gasteiger partial charge in [-0.3, -0.25) is 4.98 Å². The van der Waals surface area contributed by atoms with Crippen molar-refractivity contribution in [3.63, 3.8) is 0 Å². The minimum Gasteiger partial charge on any atom is -0.464 e. The molecular formula is C7H7N3O2. The molecule has 1 amide bonds. The van der Waals surface area contributed by atoms with Crippen molar-refractivity contribution >= 4 is 12.3 Å². The highest BCUT2D eigenvalue weighted by Gasteiger charge is 1.87. The summed E-state index contributed by atoms with van der Waals surface area (Å²) in [4.78, 5) is 13.7. The summed E-state index contributed by atoms with van der Waals surface area (Å²) in [5.41, 5.74) is 2.65. The van der Waals surface area contributed by atoms with Gasteiger partial charge in [0.1, 0.15) is 0 Å². The van der Waals surface area contributed by atoms with Crippen molar-refractivity contribution in [2.75, 3.05) is 0 Å². The Bertz CT molecular complexity index is 284. The monoisotopic (exact) mass is 165 g/mol. The number of carbonyl (C=O) groups is 1. The number of nitrogens with zero attached hydrogens (tertiary/aromatic N) is 2. The van der Waals surface area contributed by atoms with Gasteiger partial charge in [0, 0.05) is 12.4 Å². The first-order valence-corrected chi connectivity index (χ1v) is 3.21. The van der Waals surface area contributed by atoms with E-state index in [9.17, 15) is 4.79 Å². The fourth-order valence-electron chi connectivity index (χ4n) is 0.612. The van der Waals surface area contributed by atoms with Crippen LogP contribution in [0, 0.1) is 0 Å². The zero-order chi connectivity index (χ0) is 8.81. The Kier molecular flexibility index (Phi) is 2.78. The molecule has 5 nitrogen and oxygen atoms in total. The van der Waals surface area contributed by atoms with Crippen LogP contribution in [0.3, 0.4) is 0 Å². The van der Waals surface area contributed by atoms with Crippen LogP contribution in [0.15, 0.2) is 29.6 Å². The standard InChI is InChI=1S/C7H7N3O2/c11-7(12)10-9-5-6-1-3-8-4-2-6/h1-5,10H,(H,11,12). The van der Waals surface area contributed by atoms with E-state index in [2.05, 4.69) is 10.1 Å². The molecule has 0 aliphatic rings. The molecule has 1 aromatic heterocycles. The summed E-state index contributed by atoms with van der Waals surface area (Å²) in [5, 5.41) is 11.6. The Morgan fingerprint density at radius 2 is 2.25 bits per heavy atom. The number of rotatable bonds is 2. The van der Waals surface area contributed by atoms with Crippen molar-refractivity contribution in [2.24, 2.45) is 5.10 Å². The average molecular weight is 165 g/mol. The van der Waals surface area contributed by atoms with Crippen molar-refractivity contribution in [3.05, 3.63) is 30.1 Å². The van der Waals surface area contributed by atoms with Crippen molar-refractivity contribution < 1.29 is 9.90 Å². The van der Waals surface area contributed by atoms with Gasteiger partial charge in [-0.2, -0.15) is 5.10 Å². The van der Waals surface area contributed by atoms with Crippen molar-refractivity contribution in [1.29, 1.82) is 0 Å². The van der Waals surface area contributed by atoms with E-state index in [0.717, 1.165) is 5.56 Å². The summed E-state index contributed by atoms with van der Waals surface area (Å²) in [6.45, 7) is 0. The number of hydrazone groups is 1. The molecule has 0 aliphatic carbocycles. The second-order valence-electron chi connectivity index (χ2n) is 1.96. The normalized spacial score (nSPS) is 10.0. The molecule has 0 radical (unpaired) electrons. The Labute approximate surface area is 68.8 Å². The van der Waals surface area contributed by atoms with Crippen LogP contribution in [0.25, 0.3) is 0 Å². The molecule has 1 rings (SSSR count). The predicted molar refractivity (Wildman–Crippen MR) is 43.0 cm³/mol. The summed E-state index contributed by atoms with van der Waals surface area (Å²) in [7, 11) is 0. The lowest BCUT2D eigenvalue weighted by Gasteiger charge is -1.90. The van der Waals surface area contributed by atoms with Gasteiger partial charge >= 0.3 is 6.09 Å². The molecule has 0 bridgehead atoms. The average Bonchev–Trinajstić information content (AvgIpc) is 2.05. The van der Waals surface area contributed by atoms with E-state index in [1.807, 2.05) is 5.43 Å². The molecular weight excluding hydrogens is 158 g/mol. The number of aromatic nitrogens is 1. The zero-order valence-electron chi connectivity index (χ0n) is 6.14. The topological polar surface area (TPSA) is 74.6 Å². The maximum Gasteiger partial charge on any atom is 0.425 e. The maximum atomic E-state index is 9.95. The first-order valence-electron chi connectivity index (χ1n) is 3.21. The molecule has 0 spiro atoms. The molecule has 12 heavy (non-hydrogen) atoms. The molecule has 2 N–H and O–H groups in total. The molecule has 0 atom stereocenters. The van der Waals surface area contributed by atoms with Crippen LogP contribution in [-0.2, 0) is 0 Å². The molecule has 0 fully saturated rings. The molecule has 1 aromatic rings. The lowest BCUT2D eigenvalue weighted by atomic mass is 10.3. The van der Waals surface area contributed by atoms with Gasteiger partial charge in [-0.15, -0.1) is 0 Å². The van der Waals surface area contributed by atoms with Crippen LogP contribution < -0.4 is 5.43 Å². The Morgan fingerprint density at radius 3 is 2.83 bits per heavy atom. The fourth-order valence-corrected chi connectivity index (χ4v) is 0.612. The van der Waals surface area contributed by atoms with Crippen LogP contribution in [0.2, 0.25) is 0 Å². The quantitative estimate of drug-likeness (QED) is 0.500. The summed E-state index contributed by atoms with van der Waals surface area (Å²) >= 11 is 0. The van der Waals surface area contributed by atoms with E-state index >= 15 is 0 Å². The van der Waals surface area contributed by atoms with Gasteiger partial charge in [-0.05, 0) is 17.7 Å². The lowest BCUT2D eigenvalue weighted by molar-refractivity contribution is 0.195. The second kappa shape index (κ2) is 4.07. The van der Waals surface area contributed by atoms with Gasteiger partial charge in [-0.25, -0.2) is 10.2 Å². The number of carboxylic acid groups (broad SMARTS) is 1. The van der Waals surface area contributed by atoms with Crippen LogP contribution >= 0.6 is 0 Å². The molecule has 0 saturated carbocycles. The third-order valence-corrected chi connectivity index (χ3v) is 1.08.